The fourth-order valence-electron chi connectivity index (χ4n) is 4.39. The molecule has 2 aliphatic rings. The molecule has 0 saturated carbocycles. The molecule has 2 N–H and O–H groups in total. The Kier molecular flexibility index (Phi) is 5.78. The van der Waals surface area contributed by atoms with E-state index in [9.17, 15) is 14.4 Å². The number of aromatic nitrogens is 1. The summed E-state index contributed by atoms with van der Waals surface area (Å²) in [6, 6.07) is 9.55. The number of allylic oxidation sites excluding steroid dienone is 1. The number of imide groups is 1. The van der Waals surface area contributed by atoms with Gasteiger partial charge in [0.2, 0.25) is 0 Å². The summed E-state index contributed by atoms with van der Waals surface area (Å²) in [7, 11) is 0. The molecule has 4 rings (SSSR count). The van der Waals surface area contributed by atoms with Gasteiger partial charge < -0.3 is 19.4 Å². The lowest BCUT2D eigenvalue weighted by Crippen LogP contribution is -2.32. The highest BCUT2D eigenvalue weighted by Crippen LogP contribution is 2.36. The topological polar surface area (TPSA) is 101 Å². The monoisotopic (exact) mass is 437 g/mol. The van der Waals surface area contributed by atoms with E-state index in [0.29, 0.717) is 30.7 Å². The van der Waals surface area contributed by atoms with Crippen molar-refractivity contribution in [3.05, 3.63) is 58.1 Å². The first-order valence-corrected chi connectivity index (χ1v) is 10.9. The third-order valence-corrected chi connectivity index (χ3v) is 6.37. The maximum absolute atomic E-state index is 13.2. The van der Waals surface area contributed by atoms with Crippen molar-refractivity contribution in [2.45, 2.75) is 39.0 Å². The van der Waals surface area contributed by atoms with E-state index in [1.807, 2.05) is 38.1 Å². The summed E-state index contributed by atoms with van der Waals surface area (Å²) in [5.41, 5.74) is 2.13. The molecule has 0 atom stereocenters. The van der Waals surface area contributed by atoms with E-state index < -0.39 is 17.4 Å². The van der Waals surface area contributed by atoms with E-state index in [0.717, 1.165) is 30.1 Å². The average Bonchev–Trinajstić information content (AvgIpc) is 3.13. The number of rotatable bonds is 6. The molecule has 2 aromatic rings. The Bertz CT molecular complexity index is 1150. The number of carbonyl (C=O) groups is 2. The molecule has 0 spiro atoms. The number of benzene rings is 1. The third kappa shape index (κ3) is 3.77. The predicted molar refractivity (Wildman–Crippen MR) is 121 cm³/mol. The molecule has 0 radical (unpaired) electrons. The highest BCUT2D eigenvalue weighted by Gasteiger charge is 2.35. The number of hydrogen-bond donors (Lipinski definition) is 2. The molecule has 3 heterocycles. The van der Waals surface area contributed by atoms with Crippen molar-refractivity contribution >= 4 is 17.7 Å². The van der Waals surface area contributed by atoms with Gasteiger partial charge in [0.05, 0.1) is 12.2 Å². The number of nitrogens with zero attached hydrogens (tertiary/aromatic N) is 1. The largest absolute Gasteiger partial charge is 0.490 e. The molecule has 1 saturated heterocycles. The third-order valence-electron chi connectivity index (χ3n) is 6.37. The summed E-state index contributed by atoms with van der Waals surface area (Å²) < 4.78 is 10.7. The number of H-pyrrole nitrogens is 1. The predicted octanol–water partition coefficient (Wildman–Crippen LogP) is 3.47. The van der Waals surface area contributed by atoms with Gasteiger partial charge in [-0.2, -0.15) is 0 Å². The van der Waals surface area contributed by atoms with Crippen LogP contribution in [0.5, 0.6) is 5.75 Å². The van der Waals surface area contributed by atoms with E-state index in [4.69, 9.17) is 9.47 Å². The first kappa shape index (κ1) is 21.7. The first-order valence-electron chi connectivity index (χ1n) is 10.9. The van der Waals surface area contributed by atoms with Crippen LogP contribution < -0.4 is 20.5 Å². The van der Waals surface area contributed by atoms with Gasteiger partial charge in [-0.1, -0.05) is 19.9 Å². The standard InChI is InChI=1S/C24H27N3O5/c1-4-24(5-2,14-20-22(29)26-23(30)32-20)16-8-9-17(25-21(16)28)15-7-10-19-18(13-15)27(6-3)11-12-31-19/h7-10,13-14H,4-6,11-12H2,1-3H3,(H,25,28)(H,26,29,30)/b20-14+. The molecule has 2 aliphatic heterocycles. The Morgan fingerprint density at radius 2 is 1.88 bits per heavy atom. The van der Waals surface area contributed by atoms with E-state index in [1.54, 1.807) is 12.1 Å². The fourth-order valence-corrected chi connectivity index (χ4v) is 4.39. The molecule has 1 aromatic heterocycles. The molecule has 1 aromatic carbocycles. The maximum Gasteiger partial charge on any atom is 0.419 e. The molecule has 32 heavy (non-hydrogen) atoms. The van der Waals surface area contributed by atoms with Crippen LogP contribution in [-0.4, -0.2) is 36.7 Å². The van der Waals surface area contributed by atoms with E-state index in [-0.39, 0.29) is 11.3 Å². The van der Waals surface area contributed by atoms with Crippen LogP contribution in [-0.2, 0) is 14.9 Å². The molecule has 8 nitrogen and oxygen atoms in total. The van der Waals surface area contributed by atoms with E-state index in [2.05, 4.69) is 22.1 Å². The number of cyclic esters (lactones) is 1. The smallest absolute Gasteiger partial charge is 0.419 e. The van der Waals surface area contributed by atoms with Crippen LogP contribution in [0.2, 0.25) is 0 Å². The van der Waals surface area contributed by atoms with Gasteiger partial charge in [-0.05, 0) is 50.1 Å². The number of likely N-dealkylation sites (N-methyl/N-ethyl adjacent to an activating group) is 1. The van der Waals surface area contributed by atoms with Crippen molar-refractivity contribution < 1.29 is 19.1 Å². The number of alkyl carbamates (subject to hydrolysis) is 1. The van der Waals surface area contributed by atoms with Crippen LogP contribution in [0.25, 0.3) is 11.3 Å². The Hall–Kier alpha value is -3.55. The second-order valence-corrected chi connectivity index (χ2v) is 7.94. The highest BCUT2D eigenvalue weighted by molar-refractivity contribution is 6.07. The lowest BCUT2D eigenvalue weighted by molar-refractivity contribution is -0.116. The molecule has 1 fully saturated rings. The van der Waals surface area contributed by atoms with Gasteiger partial charge in [0.1, 0.15) is 12.4 Å². The number of pyridine rings is 1. The van der Waals surface area contributed by atoms with Crippen LogP contribution >= 0.6 is 0 Å². The molecule has 0 unspecified atom stereocenters. The van der Waals surface area contributed by atoms with Gasteiger partial charge >= 0.3 is 6.09 Å². The van der Waals surface area contributed by atoms with Gasteiger partial charge in [0.15, 0.2) is 5.76 Å². The number of ether oxygens (including phenoxy) is 2. The van der Waals surface area contributed by atoms with Gasteiger partial charge in [0.25, 0.3) is 11.5 Å². The minimum Gasteiger partial charge on any atom is -0.490 e. The molecule has 8 heteroatoms. The van der Waals surface area contributed by atoms with Crippen LogP contribution in [0, 0.1) is 0 Å². The average molecular weight is 437 g/mol. The minimum absolute atomic E-state index is 0.0727. The number of anilines is 1. The van der Waals surface area contributed by atoms with Crippen molar-refractivity contribution in [1.29, 1.82) is 0 Å². The molecule has 0 aliphatic carbocycles. The van der Waals surface area contributed by atoms with E-state index >= 15 is 0 Å². The Labute approximate surface area is 186 Å². The van der Waals surface area contributed by atoms with Gasteiger partial charge in [-0.15, -0.1) is 0 Å². The highest BCUT2D eigenvalue weighted by atomic mass is 16.6. The molecule has 0 bridgehead atoms. The van der Waals surface area contributed by atoms with Crippen LogP contribution in [0.1, 0.15) is 39.2 Å². The summed E-state index contributed by atoms with van der Waals surface area (Å²) in [5, 5.41) is 2.10. The lowest BCUT2D eigenvalue weighted by atomic mass is 9.75. The van der Waals surface area contributed by atoms with Gasteiger partial charge in [-0.25, -0.2) is 4.79 Å². The second kappa shape index (κ2) is 8.53. The quantitative estimate of drug-likeness (QED) is 0.671. The summed E-state index contributed by atoms with van der Waals surface area (Å²) in [4.78, 5) is 41.8. The maximum atomic E-state index is 13.2. The lowest BCUT2D eigenvalue weighted by Gasteiger charge is -2.30. The number of aromatic amines is 1. The Morgan fingerprint density at radius 1 is 1.09 bits per heavy atom. The van der Waals surface area contributed by atoms with Crippen molar-refractivity contribution in [3.63, 3.8) is 0 Å². The second-order valence-electron chi connectivity index (χ2n) is 7.94. The first-order chi connectivity index (χ1) is 15.4. The van der Waals surface area contributed by atoms with Gasteiger partial charge in [0, 0.05) is 28.8 Å². The summed E-state index contributed by atoms with van der Waals surface area (Å²) in [6.07, 6.45) is 1.90. The number of hydrogen-bond acceptors (Lipinski definition) is 6. The number of carbonyl (C=O) groups excluding carboxylic acids is 2. The zero-order valence-electron chi connectivity index (χ0n) is 18.5. The van der Waals surface area contributed by atoms with E-state index in [1.165, 1.54) is 0 Å². The normalized spacial score (nSPS) is 17.1. The van der Waals surface area contributed by atoms with Crippen molar-refractivity contribution in [2.24, 2.45) is 0 Å². The SMILES string of the molecule is CCN1CCOc2ccc(-c3ccc(C(/C=C4/OC(=O)NC4=O)(CC)CC)c(=O)[nH]3)cc21. The zero-order valence-corrected chi connectivity index (χ0v) is 18.5. The molecule has 168 valence electrons. The van der Waals surface area contributed by atoms with Gasteiger partial charge in [-0.3, -0.25) is 14.9 Å². The van der Waals surface area contributed by atoms with Crippen LogP contribution in [0.15, 0.2) is 47.0 Å². The van der Waals surface area contributed by atoms with Crippen molar-refractivity contribution in [2.75, 3.05) is 24.6 Å². The number of fused-ring (bicyclic) bond motifs is 1. The number of amides is 2. The zero-order chi connectivity index (χ0) is 22.9. The molecular formula is C24H27N3O5. The molecular weight excluding hydrogens is 410 g/mol. The summed E-state index contributed by atoms with van der Waals surface area (Å²) in [5.74, 6) is 0.176. The minimum atomic E-state index is -0.802. The fraction of sp³-hybridized carbons (Fsp3) is 0.375. The summed E-state index contributed by atoms with van der Waals surface area (Å²) >= 11 is 0. The van der Waals surface area contributed by atoms with Crippen molar-refractivity contribution in [3.8, 4) is 17.0 Å². The van der Waals surface area contributed by atoms with Crippen LogP contribution in [0.4, 0.5) is 10.5 Å². The molecule has 2 amide bonds. The van der Waals surface area contributed by atoms with Crippen molar-refractivity contribution in [1.82, 2.24) is 10.3 Å². The number of nitrogens with one attached hydrogen (secondary N) is 2. The summed E-state index contributed by atoms with van der Waals surface area (Å²) in [6.45, 7) is 8.33. The van der Waals surface area contributed by atoms with Crippen LogP contribution in [0.3, 0.4) is 0 Å². The Morgan fingerprint density at radius 3 is 2.50 bits per heavy atom. The Balaban J connectivity index is 1.73.